The first kappa shape index (κ1) is 13.3. The first-order valence-corrected chi connectivity index (χ1v) is 6.39. The van der Waals surface area contributed by atoms with Gasteiger partial charge in [-0.15, -0.1) is 5.10 Å². The third kappa shape index (κ3) is 3.18. The highest BCUT2D eigenvalue weighted by molar-refractivity contribution is 7.07. The van der Waals surface area contributed by atoms with Crippen LogP contribution in [0.4, 0.5) is 13.2 Å². The second-order valence-electron chi connectivity index (χ2n) is 4.36. The number of nitrogens with one attached hydrogen (secondary N) is 1. The molecule has 1 aromatic rings. The summed E-state index contributed by atoms with van der Waals surface area (Å²) in [5.74, 6) is -1.70. The minimum atomic E-state index is -4.17. The molecule has 0 bridgehead atoms. The molecular weight excluding hydrogens is 267 g/mol. The van der Waals surface area contributed by atoms with Gasteiger partial charge >= 0.3 is 6.18 Å². The van der Waals surface area contributed by atoms with E-state index in [4.69, 9.17) is 0 Å². The molecule has 1 aliphatic carbocycles. The molecule has 1 N–H and O–H groups in total. The Kier molecular flexibility index (Phi) is 3.84. The molecule has 1 fully saturated rings. The average Bonchev–Trinajstić information content (AvgIpc) is 2.81. The van der Waals surface area contributed by atoms with Crippen LogP contribution >= 0.6 is 11.5 Å². The molecule has 0 aliphatic heterocycles. The maximum Gasteiger partial charge on any atom is 0.391 e. The summed E-state index contributed by atoms with van der Waals surface area (Å²) in [7, 11) is 0. The highest BCUT2D eigenvalue weighted by Crippen LogP contribution is 2.37. The van der Waals surface area contributed by atoms with Crippen LogP contribution in [0.15, 0.2) is 6.20 Å². The number of amides is 1. The monoisotopic (exact) mass is 279 g/mol. The van der Waals surface area contributed by atoms with E-state index in [0.29, 0.717) is 17.7 Å². The Morgan fingerprint density at radius 3 is 2.83 bits per heavy atom. The Bertz CT molecular complexity index is 407. The highest BCUT2D eigenvalue weighted by Gasteiger charge is 2.42. The van der Waals surface area contributed by atoms with E-state index in [9.17, 15) is 18.0 Å². The standard InChI is InChI=1S/C10H12F3N3OS/c11-10(12,13)6-2-1-3-7(4-6)15-9(17)8-5-14-16-18-8/h5-7H,1-4H2,(H,15,17)/t6-,7+/m1/s1. The van der Waals surface area contributed by atoms with E-state index in [2.05, 4.69) is 14.9 Å². The second-order valence-corrected chi connectivity index (χ2v) is 5.14. The van der Waals surface area contributed by atoms with Crippen molar-refractivity contribution in [2.24, 2.45) is 5.92 Å². The Morgan fingerprint density at radius 2 is 2.22 bits per heavy atom. The predicted octanol–water partition coefficient (Wildman–Crippen LogP) is 2.39. The van der Waals surface area contributed by atoms with E-state index in [-0.39, 0.29) is 12.8 Å². The van der Waals surface area contributed by atoms with Gasteiger partial charge in [0.05, 0.1) is 12.1 Å². The van der Waals surface area contributed by atoms with Gasteiger partial charge < -0.3 is 5.32 Å². The van der Waals surface area contributed by atoms with Crippen molar-refractivity contribution in [3.8, 4) is 0 Å². The minimum absolute atomic E-state index is 0.0402. The van der Waals surface area contributed by atoms with Crippen molar-refractivity contribution in [2.45, 2.75) is 37.9 Å². The van der Waals surface area contributed by atoms with E-state index < -0.39 is 24.0 Å². The summed E-state index contributed by atoms with van der Waals surface area (Å²) >= 11 is 0.931. The Balaban J connectivity index is 1.92. The van der Waals surface area contributed by atoms with E-state index in [0.717, 1.165) is 11.5 Å². The number of nitrogens with zero attached hydrogens (tertiary/aromatic N) is 2. The van der Waals surface area contributed by atoms with Crippen LogP contribution in [-0.4, -0.2) is 27.7 Å². The zero-order valence-corrected chi connectivity index (χ0v) is 10.2. The molecule has 0 aromatic carbocycles. The van der Waals surface area contributed by atoms with Gasteiger partial charge in [-0.2, -0.15) is 13.2 Å². The van der Waals surface area contributed by atoms with Crippen LogP contribution in [0.1, 0.15) is 35.4 Å². The Labute approximate surface area is 106 Å². The maximum atomic E-state index is 12.6. The largest absolute Gasteiger partial charge is 0.391 e. The Hall–Kier alpha value is -1.18. The molecule has 0 spiro atoms. The van der Waals surface area contributed by atoms with Gasteiger partial charge in [0, 0.05) is 6.04 Å². The van der Waals surface area contributed by atoms with Crippen LogP contribution in [0, 0.1) is 5.92 Å². The maximum absolute atomic E-state index is 12.6. The number of hydrogen-bond donors (Lipinski definition) is 1. The van der Waals surface area contributed by atoms with Crippen molar-refractivity contribution in [1.29, 1.82) is 0 Å². The van der Waals surface area contributed by atoms with Crippen molar-refractivity contribution < 1.29 is 18.0 Å². The summed E-state index contributed by atoms with van der Waals surface area (Å²) < 4.78 is 41.3. The molecule has 0 radical (unpaired) electrons. The van der Waals surface area contributed by atoms with Crippen LogP contribution < -0.4 is 5.32 Å². The topological polar surface area (TPSA) is 54.9 Å². The number of halogens is 3. The van der Waals surface area contributed by atoms with Gasteiger partial charge in [-0.05, 0) is 30.8 Å². The fourth-order valence-corrected chi connectivity index (χ4v) is 2.56. The predicted molar refractivity (Wildman–Crippen MR) is 59.2 cm³/mol. The SMILES string of the molecule is O=C(N[C@H]1CCC[C@@H](C(F)(F)F)C1)c1cnns1. The molecule has 8 heteroatoms. The molecule has 2 atom stereocenters. The van der Waals surface area contributed by atoms with Crippen LogP contribution in [0.25, 0.3) is 0 Å². The number of carbonyl (C=O) groups is 1. The zero-order chi connectivity index (χ0) is 13.2. The van der Waals surface area contributed by atoms with Gasteiger partial charge in [0.1, 0.15) is 4.88 Å². The molecule has 100 valence electrons. The lowest BCUT2D eigenvalue weighted by atomic mass is 9.85. The van der Waals surface area contributed by atoms with Gasteiger partial charge in [-0.3, -0.25) is 4.79 Å². The van der Waals surface area contributed by atoms with Crippen molar-refractivity contribution >= 4 is 17.4 Å². The van der Waals surface area contributed by atoms with E-state index in [1.807, 2.05) is 0 Å². The fraction of sp³-hybridized carbons (Fsp3) is 0.700. The van der Waals surface area contributed by atoms with Crippen molar-refractivity contribution in [3.05, 3.63) is 11.1 Å². The molecular formula is C10H12F3N3OS. The first-order valence-electron chi connectivity index (χ1n) is 5.61. The zero-order valence-electron chi connectivity index (χ0n) is 9.41. The molecule has 18 heavy (non-hydrogen) atoms. The molecule has 1 saturated carbocycles. The lowest BCUT2D eigenvalue weighted by Crippen LogP contribution is -2.41. The molecule has 2 rings (SSSR count). The average molecular weight is 279 g/mol. The smallest absolute Gasteiger partial charge is 0.348 e. The van der Waals surface area contributed by atoms with E-state index in [1.165, 1.54) is 6.20 Å². The summed E-state index contributed by atoms with van der Waals surface area (Å²) in [4.78, 5) is 12.0. The number of carbonyl (C=O) groups excluding carboxylic acids is 1. The summed E-state index contributed by atoms with van der Waals surface area (Å²) in [5.41, 5.74) is 0. The van der Waals surface area contributed by atoms with Crippen molar-refractivity contribution in [2.75, 3.05) is 0 Å². The third-order valence-electron chi connectivity index (χ3n) is 3.06. The summed E-state index contributed by atoms with van der Waals surface area (Å²) in [6.07, 6.45) is -1.68. The summed E-state index contributed by atoms with van der Waals surface area (Å²) in [6.45, 7) is 0. The summed E-state index contributed by atoms with van der Waals surface area (Å²) in [5, 5.41) is 6.13. The molecule has 1 heterocycles. The number of aromatic nitrogens is 2. The van der Waals surface area contributed by atoms with Gasteiger partial charge in [0.25, 0.3) is 5.91 Å². The van der Waals surface area contributed by atoms with Crippen LogP contribution in [0.3, 0.4) is 0 Å². The third-order valence-corrected chi connectivity index (χ3v) is 3.72. The molecule has 0 saturated heterocycles. The number of alkyl halides is 3. The van der Waals surface area contributed by atoms with Gasteiger partial charge in [-0.25, -0.2) is 0 Å². The minimum Gasteiger partial charge on any atom is -0.348 e. The molecule has 1 aromatic heterocycles. The first-order chi connectivity index (χ1) is 8.47. The second kappa shape index (κ2) is 5.21. The lowest BCUT2D eigenvalue weighted by Gasteiger charge is -2.30. The lowest BCUT2D eigenvalue weighted by molar-refractivity contribution is -0.183. The van der Waals surface area contributed by atoms with Crippen LogP contribution in [0.2, 0.25) is 0 Å². The highest BCUT2D eigenvalue weighted by atomic mass is 32.1. The Morgan fingerprint density at radius 1 is 1.44 bits per heavy atom. The van der Waals surface area contributed by atoms with Gasteiger partial charge in [-0.1, -0.05) is 10.9 Å². The fourth-order valence-electron chi connectivity index (χ4n) is 2.14. The molecule has 4 nitrogen and oxygen atoms in total. The normalized spacial score (nSPS) is 24.8. The summed E-state index contributed by atoms with van der Waals surface area (Å²) in [6, 6.07) is -0.417. The van der Waals surface area contributed by atoms with Gasteiger partial charge in [0.2, 0.25) is 0 Å². The molecule has 0 unspecified atom stereocenters. The van der Waals surface area contributed by atoms with Crippen LogP contribution in [0.5, 0.6) is 0 Å². The quantitative estimate of drug-likeness (QED) is 0.904. The number of rotatable bonds is 2. The number of hydrogen-bond acceptors (Lipinski definition) is 4. The van der Waals surface area contributed by atoms with Gasteiger partial charge in [0.15, 0.2) is 0 Å². The van der Waals surface area contributed by atoms with E-state index >= 15 is 0 Å². The van der Waals surface area contributed by atoms with Crippen molar-refractivity contribution in [3.63, 3.8) is 0 Å². The van der Waals surface area contributed by atoms with Crippen LogP contribution in [-0.2, 0) is 0 Å². The molecule has 1 aliphatic rings. The molecule has 1 amide bonds. The van der Waals surface area contributed by atoms with Crippen molar-refractivity contribution in [1.82, 2.24) is 14.9 Å². The van der Waals surface area contributed by atoms with E-state index in [1.54, 1.807) is 0 Å².